The first-order valence-electron chi connectivity index (χ1n) is 7.28. The van der Waals surface area contributed by atoms with Gasteiger partial charge in [-0.25, -0.2) is 4.79 Å². The third-order valence-corrected chi connectivity index (χ3v) is 3.59. The maximum atomic E-state index is 12.7. The molecule has 2 rings (SSSR count). The second-order valence-electron chi connectivity index (χ2n) is 6.26. The highest BCUT2D eigenvalue weighted by Gasteiger charge is 2.47. The van der Waals surface area contributed by atoms with Crippen molar-refractivity contribution in [3.8, 4) is 0 Å². The molecule has 22 heavy (non-hydrogen) atoms. The minimum Gasteiger partial charge on any atom is -0.465 e. The lowest BCUT2D eigenvalue weighted by Crippen LogP contribution is -2.38. The van der Waals surface area contributed by atoms with Crippen LogP contribution in [-0.4, -0.2) is 24.3 Å². The van der Waals surface area contributed by atoms with E-state index in [-0.39, 0.29) is 12.4 Å². The summed E-state index contributed by atoms with van der Waals surface area (Å²) in [6.45, 7) is 7.01. The Morgan fingerprint density at radius 1 is 1.27 bits per heavy atom. The first kappa shape index (κ1) is 16.2. The molecule has 0 radical (unpaired) electrons. The molecule has 0 aliphatic carbocycles. The molecule has 0 N–H and O–H groups in total. The summed E-state index contributed by atoms with van der Waals surface area (Å²) < 4.78 is 10.3. The highest BCUT2D eigenvalue weighted by Crippen LogP contribution is 2.39. The standard InChI is InChI=1S/C17H20O5/c1-5-21-16(20)12(14(18)17(2,3)4)13-10-8-6-7-9-11(10)15(19)22-13/h6-9,12-13H,5H2,1-4H3. The van der Waals surface area contributed by atoms with Gasteiger partial charge >= 0.3 is 11.9 Å². The van der Waals surface area contributed by atoms with Crippen LogP contribution in [0.3, 0.4) is 0 Å². The molecule has 5 heteroatoms. The molecule has 1 aliphatic rings. The maximum absolute atomic E-state index is 12.7. The number of carbonyl (C=O) groups is 3. The number of fused-ring (bicyclic) bond motifs is 1. The Balaban J connectivity index is 2.45. The lowest BCUT2D eigenvalue weighted by atomic mass is 9.79. The summed E-state index contributed by atoms with van der Waals surface area (Å²) >= 11 is 0. The number of hydrogen-bond acceptors (Lipinski definition) is 5. The molecule has 0 fully saturated rings. The Kier molecular flexibility index (Phi) is 4.35. The van der Waals surface area contributed by atoms with E-state index in [2.05, 4.69) is 0 Å². The van der Waals surface area contributed by atoms with E-state index < -0.39 is 29.4 Å². The summed E-state index contributed by atoms with van der Waals surface area (Å²) in [6.07, 6.45) is -0.922. The molecule has 1 aromatic rings. The molecule has 0 saturated heterocycles. The van der Waals surface area contributed by atoms with E-state index in [1.165, 1.54) is 0 Å². The molecule has 0 saturated carbocycles. The first-order chi connectivity index (χ1) is 10.3. The minimum absolute atomic E-state index is 0.162. The quantitative estimate of drug-likeness (QED) is 0.632. The van der Waals surface area contributed by atoms with Crippen LogP contribution in [0.25, 0.3) is 0 Å². The third-order valence-electron chi connectivity index (χ3n) is 3.59. The van der Waals surface area contributed by atoms with Crippen LogP contribution in [-0.2, 0) is 19.1 Å². The van der Waals surface area contributed by atoms with E-state index in [0.29, 0.717) is 11.1 Å². The monoisotopic (exact) mass is 304 g/mol. The van der Waals surface area contributed by atoms with Crippen LogP contribution in [0.2, 0.25) is 0 Å². The van der Waals surface area contributed by atoms with Gasteiger partial charge in [-0.1, -0.05) is 39.0 Å². The number of rotatable bonds is 4. The van der Waals surface area contributed by atoms with E-state index in [9.17, 15) is 14.4 Å². The Morgan fingerprint density at radius 3 is 2.50 bits per heavy atom. The average Bonchev–Trinajstić information content (AvgIpc) is 2.76. The zero-order chi connectivity index (χ0) is 16.5. The highest BCUT2D eigenvalue weighted by molar-refractivity contribution is 6.04. The molecule has 0 bridgehead atoms. The minimum atomic E-state index is -1.15. The SMILES string of the molecule is CCOC(=O)C(C(=O)C(C)(C)C)C1OC(=O)c2ccccc21. The lowest BCUT2D eigenvalue weighted by Gasteiger charge is -2.26. The number of Topliss-reactive ketones (excluding diaryl/α,β-unsaturated/α-hetero) is 1. The Morgan fingerprint density at radius 2 is 1.91 bits per heavy atom. The van der Waals surface area contributed by atoms with Crippen molar-refractivity contribution in [2.45, 2.75) is 33.8 Å². The molecule has 2 atom stereocenters. The van der Waals surface area contributed by atoms with Gasteiger partial charge in [0.1, 0.15) is 6.10 Å². The summed E-state index contributed by atoms with van der Waals surface area (Å²) in [4.78, 5) is 36.9. The summed E-state index contributed by atoms with van der Waals surface area (Å²) in [6, 6.07) is 6.79. The van der Waals surface area contributed by atoms with Crippen LogP contribution in [0.1, 0.15) is 49.7 Å². The molecule has 118 valence electrons. The van der Waals surface area contributed by atoms with Gasteiger partial charge in [0.05, 0.1) is 12.2 Å². The van der Waals surface area contributed by atoms with Crippen molar-refractivity contribution in [3.63, 3.8) is 0 Å². The van der Waals surface area contributed by atoms with Crippen LogP contribution in [0.4, 0.5) is 0 Å². The van der Waals surface area contributed by atoms with Crippen molar-refractivity contribution in [2.75, 3.05) is 6.61 Å². The number of hydrogen-bond donors (Lipinski definition) is 0. The number of ether oxygens (including phenoxy) is 2. The van der Waals surface area contributed by atoms with Crippen LogP contribution in [0.5, 0.6) is 0 Å². The largest absolute Gasteiger partial charge is 0.465 e. The number of cyclic esters (lactones) is 1. The zero-order valence-electron chi connectivity index (χ0n) is 13.2. The molecule has 1 aliphatic heterocycles. The van der Waals surface area contributed by atoms with Crippen molar-refractivity contribution >= 4 is 17.7 Å². The average molecular weight is 304 g/mol. The fourth-order valence-corrected chi connectivity index (χ4v) is 2.49. The second kappa shape index (κ2) is 5.91. The molecule has 5 nitrogen and oxygen atoms in total. The molecular formula is C17H20O5. The van der Waals surface area contributed by atoms with E-state index in [1.54, 1.807) is 52.0 Å². The Labute approximate surface area is 129 Å². The fourth-order valence-electron chi connectivity index (χ4n) is 2.49. The van der Waals surface area contributed by atoms with Crippen LogP contribution in [0, 0.1) is 11.3 Å². The van der Waals surface area contributed by atoms with Crippen molar-refractivity contribution < 1.29 is 23.9 Å². The van der Waals surface area contributed by atoms with Crippen LogP contribution < -0.4 is 0 Å². The topological polar surface area (TPSA) is 69.7 Å². The van der Waals surface area contributed by atoms with Crippen molar-refractivity contribution in [1.29, 1.82) is 0 Å². The van der Waals surface area contributed by atoms with Crippen molar-refractivity contribution in [3.05, 3.63) is 35.4 Å². The smallest absolute Gasteiger partial charge is 0.339 e. The van der Waals surface area contributed by atoms with Gasteiger partial charge in [0.15, 0.2) is 11.7 Å². The number of ketones is 1. The Bertz CT molecular complexity index is 612. The highest BCUT2D eigenvalue weighted by atomic mass is 16.6. The number of carbonyl (C=O) groups excluding carboxylic acids is 3. The van der Waals surface area contributed by atoms with Gasteiger partial charge in [-0.3, -0.25) is 9.59 Å². The third kappa shape index (κ3) is 2.89. The summed E-state index contributed by atoms with van der Waals surface area (Å²) in [5, 5.41) is 0. The maximum Gasteiger partial charge on any atom is 0.339 e. The van der Waals surface area contributed by atoms with Gasteiger partial charge < -0.3 is 9.47 Å². The van der Waals surface area contributed by atoms with Crippen molar-refractivity contribution in [2.24, 2.45) is 11.3 Å². The molecule has 1 aromatic carbocycles. The van der Waals surface area contributed by atoms with Gasteiger partial charge in [-0.05, 0) is 13.0 Å². The summed E-state index contributed by atoms with van der Waals surface area (Å²) in [7, 11) is 0. The molecule has 0 amide bonds. The molecular weight excluding hydrogens is 284 g/mol. The lowest BCUT2D eigenvalue weighted by molar-refractivity contribution is -0.158. The summed E-state index contributed by atoms with van der Waals surface area (Å²) in [5.41, 5.74) is 0.202. The van der Waals surface area contributed by atoms with Gasteiger partial charge in [0, 0.05) is 11.0 Å². The van der Waals surface area contributed by atoms with E-state index >= 15 is 0 Å². The van der Waals surface area contributed by atoms with Gasteiger partial charge in [-0.2, -0.15) is 0 Å². The van der Waals surface area contributed by atoms with Crippen LogP contribution >= 0.6 is 0 Å². The van der Waals surface area contributed by atoms with Gasteiger partial charge in [0.2, 0.25) is 0 Å². The predicted octanol–water partition coefficient (Wildman–Crippen LogP) is 2.69. The molecule has 1 heterocycles. The molecule has 0 aromatic heterocycles. The first-order valence-corrected chi connectivity index (χ1v) is 7.28. The Hall–Kier alpha value is -2.17. The molecule has 0 spiro atoms. The summed E-state index contributed by atoms with van der Waals surface area (Å²) in [5.74, 6) is -2.62. The number of esters is 2. The fraction of sp³-hybridized carbons (Fsp3) is 0.471. The van der Waals surface area contributed by atoms with Gasteiger partial charge in [-0.15, -0.1) is 0 Å². The normalized spacial score (nSPS) is 18.4. The molecule has 2 unspecified atom stereocenters. The van der Waals surface area contributed by atoms with E-state index in [4.69, 9.17) is 9.47 Å². The zero-order valence-corrected chi connectivity index (χ0v) is 13.2. The van der Waals surface area contributed by atoms with E-state index in [1.807, 2.05) is 0 Å². The van der Waals surface area contributed by atoms with E-state index in [0.717, 1.165) is 0 Å². The van der Waals surface area contributed by atoms with Gasteiger partial charge in [0.25, 0.3) is 0 Å². The predicted molar refractivity (Wildman–Crippen MR) is 79.2 cm³/mol. The van der Waals surface area contributed by atoms with Crippen molar-refractivity contribution in [1.82, 2.24) is 0 Å². The second-order valence-corrected chi connectivity index (χ2v) is 6.26. The number of benzene rings is 1. The van der Waals surface area contributed by atoms with Crippen LogP contribution in [0.15, 0.2) is 24.3 Å².